The van der Waals surface area contributed by atoms with Gasteiger partial charge in [-0.2, -0.15) is 0 Å². The molecule has 2 aromatic rings. The fraction of sp³-hybridized carbons (Fsp3) is 0.267. The minimum absolute atomic E-state index is 0.0532. The number of hydrogen-bond donors (Lipinski definition) is 2. The molecule has 4 heteroatoms. The van der Waals surface area contributed by atoms with Gasteiger partial charge in [-0.3, -0.25) is 0 Å². The van der Waals surface area contributed by atoms with Gasteiger partial charge in [-0.15, -0.1) is 0 Å². The Morgan fingerprint density at radius 1 is 1.32 bits per heavy atom. The molecular formula is C15H18FN3. The number of nitrogen functional groups attached to an aromatic ring is 1. The van der Waals surface area contributed by atoms with Crippen molar-refractivity contribution in [1.82, 2.24) is 10.3 Å². The minimum Gasteiger partial charge on any atom is -0.384 e. The molecule has 1 aromatic carbocycles. The number of aromatic nitrogens is 1. The van der Waals surface area contributed by atoms with Crippen LogP contribution in [0.1, 0.15) is 22.7 Å². The minimum atomic E-state index is -0.213. The summed E-state index contributed by atoms with van der Waals surface area (Å²) in [5.41, 5.74) is 8.80. The summed E-state index contributed by atoms with van der Waals surface area (Å²) in [6.07, 6.45) is 2.43. The molecule has 1 atom stereocenters. The molecule has 0 spiro atoms. The fourth-order valence-electron chi connectivity index (χ4n) is 2.21. The van der Waals surface area contributed by atoms with Crippen LogP contribution in [0.2, 0.25) is 0 Å². The quantitative estimate of drug-likeness (QED) is 0.887. The molecule has 0 saturated carbocycles. The van der Waals surface area contributed by atoms with E-state index in [9.17, 15) is 4.39 Å². The second kappa shape index (κ2) is 5.80. The van der Waals surface area contributed by atoms with Crippen LogP contribution >= 0.6 is 0 Å². The Balaban J connectivity index is 2.27. The second-order valence-electron chi connectivity index (χ2n) is 4.64. The zero-order valence-electron chi connectivity index (χ0n) is 11.2. The number of anilines is 1. The molecule has 3 nitrogen and oxygen atoms in total. The Kier molecular flexibility index (Phi) is 4.12. The van der Waals surface area contributed by atoms with E-state index in [0.29, 0.717) is 5.82 Å². The van der Waals surface area contributed by atoms with Crippen molar-refractivity contribution in [2.45, 2.75) is 19.4 Å². The molecule has 0 aliphatic carbocycles. The van der Waals surface area contributed by atoms with E-state index in [4.69, 9.17) is 5.73 Å². The lowest BCUT2D eigenvalue weighted by Gasteiger charge is -2.19. The molecular weight excluding hydrogens is 241 g/mol. The lowest BCUT2D eigenvalue weighted by atomic mass is 9.95. The van der Waals surface area contributed by atoms with Crippen molar-refractivity contribution >= 4 is 5.82 Å². The summed E-state index contributed by atoms with van der Waals surface area (Å²) in [6.45, 7) is 1.99. The number of benzene rings is 1. The molecule has 0 bridgehead atoms. The van der Waals surface area contributed by atoms with Crippen LogP contribution in [0, 0.1) is 12.7 Å². The molecule has 0 amide bonds. The highest BCUT2D eigenvalue weighted by molar-refractivity contribution is 5.35. The van der Waals surface area contributed by atoms with Gasteiger partial charge in [-0.1, -0.05) is 6.07 Å². The maximum absolute atomic E-state index is 13.4. The highest BCUT2D eigenvalue weighted by Crippen LogP contribution is 2.22. The number of nitrogens with two attached hydrogens (primary N) is 1. The van der Waals surface area contributed by atoms with Gasteiger partial charge in [0.05, 0.1) is 0 Å². The van der Waals surface area contributed by atoms with E-state index < -0.39 is 0 Å². The number of nitrogens with zero attached hydrogens (tertiary/aromatic N) is 1. The van der Waals surface area contributed by atoms with Crippen molar-refractivity contribution < 1.29 is 4.39 Å². The number of halogens is 1. The predicted molar refractivity (Wildman–Crippen MR) is 75.3 cm³/mol. The van der Waals surface area contributed by atoms with Crippen LogP contribution in [-0.2, 0) is 6.42 Å². The Hall–Kier alpha value is -1.94. The van der Waals surface area contributed by atoms with Gasteiger partial charge in [0.2, 0.25) is 0 Å². The van der Waals surface area contributed by atoms with Gasteiger partial charge < -0.3 is 11.1 Å². The zero-order valence-corrected chi connectivity index (χ0v) is 11.2. The van der Waals surface area contributed by atoms with Crippen LogP contribution in [0.3, 0.4) is 0 Å². The topological polar surface area (TPSA) is 50.9 Å². The largest absolute Gasteiger partial charge is 0.384 e. The average Bonchev–Trinajstić information content (AvgIpc) is 2.39. The number of nitrogens with one attached hydrogen (secondary N) is 1. The lowest BCUT2D eigenvalue weighted by molar-refractivity contribution is 0.574. The summed E-state index contributed by atoms with van der Waals surface area (Å²) in [4.78, 5) is 3.97. The monoisotopic (exact) mass is 259 g/mol. The van der Waals surface area contributed by atoms with Gasteiger partial charge >= 0.3 is 0 Å². The van der Waals surface area contributed by atoms with Crippen molar-refractivity contribution in [2.75, 3.05) is 12.8 Å². The van der Waals surface area contributed by atoms with Gasteiger partial charge in [-0.25, -0.2) is 9.37 Å². The molecule has 0 aliphatic rings. The van der Waals surface area contributed by atoms with Crippen molar-refractivity contribution in [3.05, 3.63) is 59.0 Å². The molecule has 1 aromatic heterocycles. The van der Waals surface area contributed by atoms with Crippen LogP contribution < -0.4 is 11.1 Å². The predicted octanol–water partition coefficient (Wildman–Crippen LogP) is 2.61. The normalized spacial score (nSPS) is 12.4. The van der Waals surface area contributed by atoms with Crippen molar-refractivity contribution in [1.29, 1.82) is 0 Å². The third kappa shape index (κ3) is 3.29. The molecule has 19 heavy (non-hydrogen) atoms. The van der Waals surface area contributed by atoms with Crippen LogP contribution in [0.25, 0.3) is 0 Å². The van der Waals surface area contributed by atoms with Gasteiger partial charge in [0.25, 0.3) is 0 Å². The molecule has 1 unspecified atom stereocenters. The van der Waals surface area contributed by atoms with Crippen molar-refractivity contribution in [3.8, 4) is 0 Å². The number of pyridine rings is 1. The van der Waals surface area contributed by atoms with E-state index in [1.54, 1.807) is 18.3 Å². The van der Waals surface area contributed by atoms with Gasteiger partial charge in [-0.05, 0) is 61.3 Å². The standard InChI is InChI=1S/C15H18FN3/c1-10-3-4-12(16)9-13(10)14(18-2)7-11-5-6-19-15(17)8-11/h3-6,8-9,14,18H,7H2,1-2H3,(H2,17,19). The maximum atomic E-state index is 13.4. The third-order valence-corrected chi connectivity index (χ3v) is 3.25. The SMILES string of the molecule is CNC(Cc1ccnc(N)c1)c1cc(F)ccc1C. The highest BCUT2D eigenvalue weighted by Gasteiger charge is 2.13. The van der Waals surface area contributed by atoms with E-state index >= 15 is 0 Å². The summed E-state index contributed by atoms with van der Waals surface area (Å²) in [5, 5.41) is 3.23. The van der Waals surface area contributed by atoms with Crippen LogP contribution in [0.4, 0.5) is 10.2 Å². The van der Waals surface area contributed by atoms with Gasteiger partial charge in [0.1, 0.15) is 11.6 Å². The molecule has 0 radical (unpaired) electrons. The zero-order chi connectivity index (χ0) is 13.8. The van der Waals surface area contributed by atoms with Crippen LogP contribution in [0.5, 0.6) is 0 Å². The van der Waals surface area contributed by atoms with Gasteiger partial charge in [0.15, 0.2) is 0 Å². The van der Waals surface area contributed by atoms with Crippen LogP contribution in [0.15, 0.2) is 36.5 Å². The summed E-state index contributed by atoms with van der Waals surface area (Å²) in [7, 11) is 1.87. The van der Waals surface area contributed by atoms with E-state index in [0.717, 1.165) is 23.1 Å². The number of likely N-dealkylation sites (N-methyl/N-ethyl adjacent to an activating group) is 1. The summed E-state index contributed by atoms with van der Waals surface area (Å²) < 4.78 is 13.4. The number of hydrogen-bond acceptors (Lipinski definition) is 3. The molecule has 0 aliphatic heterocycles. The second-order valence-corrected chi connectivity index (χ2v) is 4.64. The van der Waals surface area contributed by atoms with E-state index in [2.05, 4.69) is 10.3 Å². The molecule has 0 saturated heterocycles. The van der Waals surface area contributed by atoms with E-state index in [-0.39, 0.29) is 11.9 Å². The first kappa shape index (κ1) is 13.5. The van der Waals surface area contributed by atoms with Crippen molar-refractivity contribution in [3.63, 3.8) is 0 Å². The molecule has 1 heterocycles. The number of aryl methyl sites for hydroxylation is 1. The van der Waals surface area contributed by atoms with Gasteiger partial charge in [0, 0.05) is 12.2 Å². The fourth-order valence-corrected chi connectivity index (χ4v) is 2.21. The smallest absolute Gasteiger partial charge is 0.123 e. The molecule has 100 valence electrons. The van der Waals surface area contributed by atoms with Crippen molar-refractivity contribution in [2.24, 2.45) is 0 Å². The van der Waals surface area contributed by atoms with E-state index in [1.165, 1.54) is 6.07 Å². The lowest BCUT2D eigenvalue weighted by Crippen LogP contribution is -2.20. The Bertz CT molecular complexity index is 569. The Morgan fingerprint density at radius 2 is 2.11 bits per heavy atom. The first-order chi connectivity index (χ1) is 9.10. The molecule has 3 N–H and O–H groups in total. The summed E-state index contributed by atoms with van der Waals surface area (Å²) >= 11 is 0. The molecule has 2 rings (SSSR count). The molecule has 0 fully saturated rings. The van der Waals surface area contributed by atoms with Crippen LogP contribution in [-0.4, -0.2) is 12.0 Å². The summed E-state index contributed by atoms with van der Waals surface area (Å²) in [6, 6.07) is 8.69. The Morgan fingerprint density at radius 3 is 2.79 bits per heavy atom. The highest BCUT2D eigenvalue weighted by atomic mass is 19.1. The maximum Gasteiger partial charge on any atom is 0.123 e. The number of rotatable bonds is 4. The van der Waals surface area contributed by atoms with E-state index in [1.807, 2.05) is 26.1 Å². The first-order valence-electron chi connectivity index (χ1n) is 6.24. The third-order valence-electron chi connectivity index (χ3n) is 3.25. The summed E-state index contributed by atoms with van der Waals surface area (Å²) in [5.74, 6) is 0.290. The Labute approximate surface area is 112 Å². The average molecular weight is 259 g/mol. The first-order valence-corrected chi connectivity index (χ1v) is 6.24.